The van der Waals surface area contributed by atoms with Gasteiger partial charge in [0.2, 0.25) is 9.84 Å². The second-order valence-electron chi connectivity index (χ2n) is 5.89. The van der Waals surface area contributed by atoms with Gasteiger partial charge >= 0.3 is 11.9 Å². The molecule has 0 saturated carbocycles. The van der Waals surface area contributed by atoms with E-state index in [0.29, 0.717) is 0 Å². The number of rotatable bonds is 6. The third kappa shape index (κ3) is 5.04. The van der Waals surface area contributed by atoms with E-state index in [0.717, 1.165) is 0 Å². The summed E-state index contributed by atoms with van der Waals surface area (Å²) in [5.41, 5.74) is 0.502. The van der Waals surface area contributed by atoms with E-state index in [1.807, 2.05) is 4.72 Å². The van der Waals surface area contributed by atoms with Crippen LogP contribution in [0, 0.1) is 24.0 Å². The summed E-state index contributed by atoms with van der Waals surface area (Å²) in [6, 6.07) is 8.80. The molecule has 0 aliphatic rings. The maximum Gasteiger partial charge on any atom is 0.333 e. The minimum absolute atomic E-state index is 0.0984. The van der Waals surface area contributed by atoms with Crippen LogP contribution in [0.1, 0.15) is 11.1 Å². The van der Waals surface area contributed by atoms with Crippen LogP contribution in [0.5, 0.6) is 0 Å². The van der Waals surface area contributed by atoms with Gasteiger partial charge in [-0.05, 0) is 49.2 Å². The first kappa shape index (κ1) is 21.3. The van der Waals surface area contributed by atoms with Crippen LogP contribution < -0.4 is 10.0 Å². The van der Waals surface area contributed by atoms with Gasteiger partial charge in [0, 0.05) is 10.6 Å². The quantitative estimate of drug-likeness (QED) is 0.527. The largest absolute Gasteiger partial charge is 0.333 e. The molecular formula is C16H17N3O7S2. The molecule has 2 N–H and O–H groups in total. The summed E-state index contributed by atoms with van der Waals surface area (Å²) in [7, 11) is -8.23. The first-order chi connectivity index (χ1) is 12.9. The number of sulfonamides is 1. The van der Waals surface area contributed by atoms with Gasteiger partial charge in [-0.25, -0.2) is 26.4 Å². The van der Waals surface area contributed by atoms with E-state index in [2.05, 4.69) is 5.32 Å². The fourth-order valence-electron chi connectivity index (χ4n) is 2.65. The SMILES string of the molecule is Cc1cc(NC(=O)NS(=O)(=O)c2ccccc2)cc(C)c1S(=O)(=O)C[N+](=O)[O-]. The van der Waals surface area contributed by atoms with Crippen LogP contribution in [0.3, 0.4) is 0 Å². The zero-order valence-electron chi connectivity index (χ0n) is 14.9. The molecule has 0 radical (unpaired) electrons. The predicted octanol–water partition coefficient (Wildman–Crippen LogP) is 1.82. The van der Waals surface area contributed by atoms with Crippen molar-refractivity contribution in [2.24, 2.45) is 0 Å². The van der Waals surface area contributed by atoms with Gasteiger partial charge in [0.15, 0.2) is 0 Å². The highest BCUT2D eigenvalue weighted by molar-refractivity contribution is 7.91. The molecule has 0 bridgehead atoms. The van der Waals surface area contributed by atoms with Gasteiger partial charge in [0.1, 0.15) is 0 Å². The Hall–Kier alpha value is -2.99. The standard InChI is InChI=1S/C16H17N3O7S2/c1-11-8-13(9-12(2)15(11)27(23,24)10-19(21)22)17-16(20)18-28(25,26)14-6-4-3-5-7-14/h3-9H,10H2,1-2H3,(H2,17,18,20). The van der Waals surface area contributed by atoms with Crippen molar-refractivity contribution < 1.29 is 26.6 Å². The number of hydrogen-bond acceptors (Lipinski definition) is 7. The fourth-order valence-corrected chi connectivity index (χ4v) is 5.09. The number of hydrogen-bond donors (Lipinski definition) is 2. The van der Waals surface area contributed by atoms with Crippen LogP contribution in [0.25, 0.3) is 0 Å². The lowest BCUT2D eigenvalue weighted by Crippen LogP contribution is -2.34. The van der Waals surface area contributed by atoms with E-state index in [9.17, 15) is 31.7 Å². The molecule has 2 rings (SSSR count). The van der Waals surface area contributed by atoms with Crippen molar-refractivity contribution in [3.63, 3.8) is 0 Å². The van der Waals surface area contributed by atoms with Gasteiger partial charge in [-0.2, -0.15) is 0 Å². The van der Waals surface area contributed by atoms with Crippen molar-refractivity contribution in [2.45, 2.75) is 23.6 Å². The van der Waals surface area contributed by atoms with E-state index in [4.69, 9.17) is 0 Å². The number of benzene rings is 2. The predicted molar refractivity (Wildman–Crippen MR) is 101 cm³/mol. The first-order valence-corrected chi connectivity index (χ1v) is 10.9. The Labute approximate surface area is 161 Å². The van der Waals surface area contributed by atoms with Gasteiger partial charge < -0.3 is 5.32 Å². The number of carbonyl (C=O) groups excluding carboxylic acids is 1. The number of nitrogens with zero attached hydrogens (tertiary/aromatic N) is 1. The molecule has 0 aliphatic carbocycles. The number of sulfone groups is 1. The van der Waals surface area contributed by atoms with E-state index in [1.165, 1.54) is 50.2 Å². The van der Waals surface area contributed by atoms with Crippen LogP contribution in [-0.2, 0) is 19.9 Å². The lowest BCUT2D eigenvalue weighted by atomic mass is 10.1. The number of anilines is 1. The van der Waals surface area contributed by atoms with Crippen LogP contribution in [-0.4, -0.2) is 33.7 Å². The maximum atomic E-state index is 12.1. The van der Waals surface area contributed by atoms with Crippen molar-refractivity contribution in [2.75, 3.05) is 11.2 Å². The fraction of sp³-hybridized carbons (Fsp3) is 0.188. The first-order valence-electron chi connectivity index (χ1n) is 7.77. The third-order valence-electron chi connectivity index (χ3n) is 3.59. The minimum Gasteiger partial charge on any atom is -0.307 e. The highest BCUT2D eigenvalue weighted by atomic mass is 32.2. The zero-order chi connectivity index (χ0) is 21.1. The molecule has 2 aromatic rings. The molecule has 0 fully saturated rings. The van der Waals surface area contributed by atoms with E-state index >= 15 is 0 Å². The van der Waals surface area contributed by atoms with Crippen molar-refractivity contribution in [3.8, 4) is 0 Å². The molecule has 28 heavy (non-hydrogen) atoms. The molecule has 0 unspecified atom stereocenters. The van der Waals surface area contributed by atoms with Gasteiger partial charge in [-0.15, -0.1) is 0 Å². The second-order valence-corrected chi connectivity index (χ2v) is 9.47. The normalized spacial score (nSPS) is 11.6. The molecule has 0 spiro atoms. The van der Waals surface area contributed by atoms with Crippen LogP contribution in [0.4, 0.5) is 10.5 Å². The number of nitrogens with one attached hydrogen (secondary N) is 2. The van der Waals surface area contributed by atoms with Crippen LogP contribution in [0.15, 0.2) is 52.3 Å². The maximum absolute atomic E-state index is 12.1. The van der Waals surface area contributed by atoms with Crippen molar-refractivity contribution in [3.05, 3.63) is 63.7 Å². The monoisotopic (exact) mass is 427 g/mol. The summed E-state index contributed by atoms with van der Waals surface area (Å²) in [4.78, 5) is 21.4. The lowest BCUT2D eigenvalue weighted by molar-refractivity contribution is -0.458. The molecule has 12 heteroatoms. The molecule has 0 aliphatic heterocycles. The number of aryl methyl sites for hydroxylation is 2. The Bertz CT molecular complexity index is 1110. The Kier molecular flexibility index (Phi) is 6.04. The van der Waals surface area contributed by atoms with Gasteiger partial charge in [0.25, 0.3) is 10.0 Å². The topological polar surface area (TPSA) is 153 Å². The molecule has 0 atom stereocenters. The molecule has 10 nitrogen and oxygen atoms in total. The molecule has 2 aromatic carbocycles. The summed E-state index contributed by atoms with van der Waals surface area (Å²) in [6.07, 6.45) is 0. The van der Waals surface area contributed by atoms with Crippen molar-refractivity contribution in [1.82, 2.24) is 4.72 Å². The Balaban J connectivity index is 2.24. The lowest BCUT2D eigenvalue weighted by Gasteiger charge is -2.13. The minimum atomic E-state index is -4.15. The summed E-state index contributed by atoms with van der Waals surface area (Å²) >= 11 is 0. The molecule has 0 saturated heterocycles. The molecule has 2 amide bonds. The van der Waals surface area contributed by atoms with Crippen LogP contribution in [0.2, 0.25) is 0 Å². The summed E-state index contributed by atoms with van der Waals surface area (Å²) in [5, 5.41) is 12.9. The van der Waals surface area contributed by atoms with E-state index in [1.54, 1.807) is 6.07 Å². The number of urea groups is 1. The van der Waals surface area contributed by atoms with Gasteiger partial charge in [-0.3, -0.25) is 10.1 Å². The second kappa shape index (κ2) is 7.94. The van der Waals surface area contributed by atoms with Crippen LogP contribution >= 0.6 is 0 Å². The van der Waals surface area contributed by atoms with Crippen molar-refractivity contribution in [1.29, 1.82) is 0 Å². The van der Waals surface area contributed by atoms with E-state index < -0.39 is 36.7 Å². The highest BCUT2D eigenvalue weighted by Gasteiger charge is 2.26. The Morgan fingerprint density at radius 2 is 1.57 bits per heavy atom. The highest BCUT2D eigenvalue weighted by Crippen LogP contribution is 2.25. The average Bonchev–Trinajstić information content (AvgIpc) is 2.52. The number of nitro groups is 1. The summed E-state index contributed by atoms with van der Waals surface area (Å²) < 4.78 is 50.4. The summed E-state index contributed by atoms with van der Waals surface area (Å²) in [6.45, 7) is 2.84. The Morgan fingerprint density at radius 3 is 2.07 bits per heavy atom. The van der Waals surface area contributed by atoms with E-state index in [-0.39, 0.29) is 26.6 Å². The molecular weight excluding hydrogens is 410 g/mol. The smallest absolute Gasteiger partial charge is 0.307 e. The summed E-state index contributed by atoms with van der Waals surface area (Å²) in [5.74, 6) is -1.25. The van der Waals surface area contributed by atoms with Gasteiger partial charge in [0.05, 0.1) is 9.79 Å². The molecule has 0 heterocycles. The number of amides is 2. The van der Waals surface area contributed by atoms with Crippen molar-refractivity contribution >= 4 is 31.6 Å². The third-order valence-corrected chi connectivity index (χ3v) is 6.75. The Morgan fingerprint density at radius 1 is 1.04 bits per heavy atom. The number of carbonyl (C=O) groups is 1. The molecule has 150 valence electrons. The average molecular weight is 427 g/mol. The zero-order valence-corrected chi connectivity index (χ0v) is 16.5. The molecule has 0 aromatic heterocycles. The van der Waals surface area contributed by atoms with Gasteiger partial charge in [-0.1, -0.05) is 18.2 Å².